The number of likely N-dealkylation sites (N-methyl/N-ethyl adjacent to an activating group) is 1. The Morgan fingerprint density at radius 1 is 1.16 bits per heavy atom. The molecule has 1 unspecified atom stereocenters. The van der Waals surface area contributed by atoms with Gasteiger partial charge in [-0.2, -0.15) is 0 Å². The number of hydrogen-bond acceptors (Lipinski definition) is 6. The van der Waals surface area contributed by atoms with Gasteiger partial charge in [0.15, 0.2) is 0 Å². The third-order valence-corrected chi connectivity index (χ3v) is 5.90. The highest BCUT2D eigenvalue weighted by Gasteiger charge is 2.42. The van der Waals surface area contributed by atoms with E-state index in [1.807, 2.05) is 16.7 Å². The Labute approximate surface area is 153 Å². The quantitative estimate of drug-likeness (QED) is 0.661. The Balaban J connectivity index is 1.70. The van der Waals surface area contributed by atoms with E-state index in [9.17, 15) is 4.79 Å². The first-order valence-corrected chi connectivity index (χ1v) is 10.3. The zero-order valence-electron chi connectivity index (χ0n) is 15.3. The predicted molar refractivity (Wildman–Crippen MR) is 99.1 cm³/mol. The number of ether oxygens (including phenoxy) is 1. The zero-order valence-corrected chi connectivity index (χ0v) is 16.1. The van der Waals surface area contributed by atoms with Gasteiger partial charge in [-0.25, -0.2) is 9.69 Å². The lowest BCUT2D eigenvalue weighted by atomic mass is 10.2. The summed E-state index contributed by atoms with van der Waals surface area (Å²) in [5.41, 5.74) is 0. The third-order valence-electron chi connectivity index (χ3n) is 4.91. The number of carbonyl (C=O) groups is 1. The molecular weight excluding hydrogens is 338 g/mol. The second-order valence-electron chi connectivity index (χ2n) is 6.61. The minimum absolute atomic E-state index is 0.0391. The van der Waals surface area contributed by atoms with Crippen LogP contribution in [0.25, 0.3) is 0 Å². The van der Waals surface area contributed by atoms with Crippen molar-refractivity contribution in [2.24, 2.45) is 0 Å². The lowest BCUT2D eigenvalue weighted by Gasteiger charge is -2.34. The molecule has 2 fully saturated rings. The van der Waals surface area contributed by atoms with E-state index >= 15 is 0 Å². The van der Waals surface area contributed by atoms with Crippen LogP contribution in [0.4, 0.5) is 9.93 Å². The van der Waals surface area contributed by atoms with Crippen molar-refractivity contribution in [3.05, 3.63) is 5.01 Å². The highest BCUT2D eigenvalue weighted by molar-refractivity contribution is 7.15. The summed E-state index contributed by atoms with van der Waals surface area (Å²) >= 11 is 1.57. The summed E-state index contributed by atoms with van der Waals surface area (Å²) in [7, 11) is 0. The summed E-state index contributed by atoms with van der Waals surface area (Å²) in [5.74, 6) is 0. The van der Waals surface area contributed by atoms with Crippen LogP contribution in [0.5, 0.6) is 0 Å². The molecule has 8 heteroatoms. The van der Waals surface area contributed by atoms with Gasteiger partial charge in [0.25, 0.3) is 0 Å². The Bertz CT molecular complexity index is 561. The van der Waals surface area contributed by atoms with Gasteiger partial charge in [-0.1, -0.05) is 37.5 Å². The summed E-state index contributed by atoms with van der Waals surface area (Å²) in [4.78, 5) is 18.9. The standard InChI is InChI=1S/C17H29N5O2S/c1-3-5-6-7-8-14-18-19-16(25-14)22-15(13-20(4-2)17(22)23)21-9-11-24-12-10-21/h15H,3-13H2,1-2H3. The van der Waals surface area contributed by atoms with Gasteiger partial charge in [0, 0.05) is 26.1 Å². The molecule has 2 aliphatic heterocycles. The fourth-order valence-corrected chi connectivity index (χ4v) is 4.33. The van der Waals surface area contributed by atoms with Gasteiger partial charge in [-0.05, 0) is 13.3 Å². The molecule has 1 aromatic rings. The molecule has 0 aromatic carbocycles. The van der Waals surface area contributed by atoms with Crippen molar-refractivity contribution in [2.75, 3.05) is 44.3 Å². The van der Waals surface area contributed by atoms with Crippen molar-refractivity contribution in [3.63, 3.8) is 0 Å². The lowest BCUT2D eigenvalue weighted by molar-refractivity contribution is 0.0190. The van der Waals surface area contributed by atoms with Crippen molar-refractivity contribution < 1.29 is 9.53 Å². The summed E-state index contributed by atoms with van der Waals surface area (Å²) < 4.78 is 5.46. The lowest BCUT2D eigenvalue weighted by Crippen LogP contribution is -2.51. The molecule has 0 saturated carbocycles. The summed E-state index contributed by atoms with van der Waals surface area (Å²) in [6.45, 7) is 8.85. The number of rotatable bonds is 8. The van der Waals surface area contributed by atoms with Crippen LogP contribution < -0.4 is 4.90 Å². The molecule has 0 aliphatic carbocycles. The molecule has 3 heterocycles. The number of amides is 2. The number of anilines is 1. The number of morpholine rings is 1. The molecule has 1 aromatic heterocycles. The number of carbonyl (C=O) groups excluding carboxylic acids is 1. The monoisotopic (exact) mass is 367 g/mol. The van der Waals surface area contributed by atoms with Gasteiger partial charge in [0.05, 0.1) is 19.8 Å². The van der Waals surface area contributed by atoms with E-state index in [-0.39, 0.29) is 12.2 Å². The maximum Gasteiger partial charge on any atom is 0.327 e. The first kappa shape index (κ1) is 18.5. The second kappa shape index (κ2) is 8.91. The number of aryl methyl sites for hydroxylation is 1. The summed E-state index contributed by atoms with van der Waals surface area (Å²) in [6, 6.07) is 0.0488. The van der Waals surface area contributed by atoms with Gasteiger partial charge in [0.1, 0.15) is 11.2 Å². The van der Waals surface area contributed by atoms with Crippen molar-refractivity contribution >= 4 is 22.5 Å². The molecule has 1 atom stereocenters. The molecule has 25 heavy (non-hydrogen) atoms. The van der Waals surface area contributed by atoms with Crippen LogP contribution in [-0.4, -0.2) is 71.6 Å². The van der Waals surface area contributed by atoms with Crippen LogP contribution in [0.1, 0.15) is 44.5 Å². The molecule has 0 radical (unpaired) electrons. The van der Waals surface area contributed by atoms with E-state index < -0.39 is 0 Å². The Kier molecular flexibility index (Phi) is 6.61. The van der Waals surface area contributed by atoms with Gasteiger partial charge in [0.2, 0.25) is 5.13 Å². The van der Waals surface area contributed by atoms with Crippen LogP contribution in [0.2, 0.25) is 0 Å². The number of urea groups is 1. The van der Waals surface area contributed by atoms with Crippen molar-refractivity contribution in [1.29, 1.82) is 0 Å². The van der Waals surface area contributed by atoms with Crippen LogP contribution in [0, 0.1) is 0 Å². The SMILES string of the molecule is CCCCCCc1nnc(N2C(=O)N(CC)CC2N2CCOCC2)s1. The molecule has 0 spiro atoms. The molecule has 0 bridgehead atoms. The highest BCUT2D eigenvalue weighted by Crippen LogP contribution is 2.30. The molecule has 2 saturated heterocycles. The van der Waals surface area contributed by atoms with Crippen molar-refractivity contribution in [1.82, 2.24) is 20.0 Å². The zero-order chi connectivity index (χ0) is 17.6. The minimum atomic E-state index is 0.0391. The van der Waals surface area contributed by atoms with Crippen LogP contribution in [0.15, 0.2) is 0 Å². The Hall–Kier alpha value is -1.25. The maximum atomic E-state index is 12.8. The summed E-state index contributed by atoms with van der Waals surface area (Å²) in [5, 5.41) is 10.5. The first-order chi connectivity index (χ1) is 12.2. The van der Waals surface area contributed by atoms with Gasteiger partial charge in [-0.3, -0.25) is 4.90 Å². The molecule has 7 nitrogen and oxygen atoms in total. The fraction of sp³-hybridized carbons (Fsp3) is 0.824. The van der Waals surface area contributed by atoms with Gasteiger partial charge < -0.3 is 9.64 Å². The van der Waals surface area contributed by atoms with E-state index in [0.717, 1.165) is 62.4 Å². The van der Waals surface area contributed by atoms with Gasteiger partial charge >= 0.3 is 6.03 Å². The Morgan fingerprint density at radius 3 is 2.68 bits per heavy atom. The highest BCUT2D eigenvalue weighted by atomic mass is 32.1. The maximum absolute atomic E-state index is 12.8. The van der Waals surface area contributed by atoms with Crippen molar-refractivity contribution in [2.45, 2.75) is 52.1 Å². The number of hydrogen-bond donors (Lipinski definition) is 0. The van der Waals surface area contributed by atoms with Gasteiger partial charge in [-0.15, -0.1) is 10.2 Å². The molecule has 2 aliphatic rings. The third kappa shape index (κ3) is 4.30. The normalized spacial score (nSPS) is 22.2. The average Bonchev–Trinajstić information content (AvgIpc) is 3.23. The van der Waals surface area contributed by atoms with E-state index in [4.69, 9.17) is 4.74 Å². The summed E-state index contributed by atoms with van der Waals surface area (Å²) in [6.07, 6.45) is 5.87. The van der Waals surface area contributed by atoms with Crippen molar-refractivity contribution in [3.8, 4) is 0 Å². The predicted octanol–water partition coefficient (Wildman–Crippen LogP) is 2.58. The first-order valence-electron chi connectivity index (χ1n) is 9.47. The largest absolute Gasteiger partial charge is 0.379 e. The van der Waals surface area contributed by atoms with E-state index in [1.54, 1.807) is 11.3 Å². The second-order valence-corrected chi connectivity index (χ2v) is 7.65. The molecule has 3 rings (SSSR count). The number of aromatic nitrogens is 2. The topological polar surface area (TPSA) is 61.8 Å². The molecule has 0 N–H and O–H groups in total. The van der Waals surface area contributed by atoms with E-state index in [1.165, 1.54) is 19.3 Å². The van der Waals surface area contributed by atoms with E-state index in [0.29, 0.717) is 0 Å². The smallest absolute Gasteiger partial charge is 0.327 e. The Morgan fingerprint density at radius 2 is 1.96 bits per heavy atom. The van der Waals surface area contributed by atoms with Crippen LogP contribution in [-0.2, 0) is 11.2 Å². The van der Waals surface area contributed by atoms with Crippen LogP contribution >= 0.6 is 11.3 Å². The molecular formula is C17H29N5O2S. The minimum Gasteiger partial charge on any atom is -0.379 e. The van der Waals surface area contributed by atoms with Crippen LogP contribution in [0.3, 0.4) is 0 Å². The van der Waals surface area contributed by atoms with E-state index in [2.05, 4.69) is 22.0 Å². The molecule has 140 valence electrons. The molecule has 2 amide bonds. The fourth-order valence-electron chi connectivity index (χ4n) is 3.41. The number of nitrogens with zero attached hydrogens (tertiary/aromatic N) is 5. The average molecular weight is 368 g/mol. The number of unbranched alkanes of at least 4 members (excludes halogenated alkanes) is 3.